The van der Waals surface area contributed by atoms with E-state index in [0.717, 1.165) is 22.9 Å². The summed E-state index contributed by atoms with van der Waals surface area (Å²) in [5, 5.41) is 10.7. The Balaban J connectivity index is 1.63. The largest absolute Gasteiger partial charge is 0.423 e. The molecule has 0 saturated heterocycles. The Kier molecular flexibility index (Phi) is 3.56. The number of hydrogen-bond donors (Lipinski definition) is 1. The van der Waals surface area contributed by atoms with Gasteiger partial charge in [-0.1, -0.05) is 6.07 Å². The van der Waals surface area contributed by atoms with E-state index in [1.807, 2.05) is 19.1 Å². The van der Waals surface area contributed by atoms with Gasteiger partial charge in [0, 0.05) is 10.4 Å². The molecule has 0 aliphatic heterocycles. The molecule has 1 aliphatic rings. The van der Waals surface area contributed by atoms with Gasteiger partial charge in [0.15, 0.2) is 0 Å². The Morgan fingerprint density at radius 3 is 2.95 bits per heavy atom. The van der Waals surface area contributed by atoms with Crippen LogP contribution in [0.15, 0.2) is 27.1 Å². The standard InChI is InChI=1S/C14H14BrN3O2/c1-8-2-5-10(11(15)6-8)13(19)16-7-12-17-18-14(20-12)9-3-4-9/h2,5-6,9H,3-4,7H2,1H3,(H,16,19). The third kappa shape index (κ3) is 2.90. The van der Waals surface area contributed by atoms with Crippen molar-refractivity contribution in [2.45, 2.75) is 32.2 Å². The van der Waals surface area contributed by atoms with Gasteiger partial charge in [0.2, 0.25) is 11.8 Å². The highest BCUT2D eigenvalue weighted by molar-refractivity contribution is 9.10. The molecule has 5 nitrogen and oxygen atoms in total. The molecule has 1 fully saturated rings. The second kappa shape index (κ2) is 5.36. The molecule has 0 bridgehead atoms. The number of carbonyl (C=O) groups is 1. The molecule has 0 unspecified atom stereocenters. The highest BCUT2D eigenvalue weighted by Crippen LogP contribution is 2.38. The fraction of sp³-hybridized carbons (Fsp3) is 0.357. The molecule has 1 aliphatic carbocycles. The van der Waals surface area contributed by atoms with E-state index in [0.29, 0.717) is 23.3 Å². The molecule has 1 heterocycles. The van der Waals surface area contributed by atoms with Gasteiger partial charge >= 0.3 is 0 Å². The monoisotopic (exact) mass is 335 g/mol. The first-order valence-corrected chi connectivity index (χ1v) is 7.29. The number of rotatable bonds is 4. The molecular weight excluding hydrogens is 322 g/mol. The maximum Gasteiger partial charge on any atom is 0.252 e. The second-order valence-corrected chi connectivity index (χ2v) is 5.83. The quantitative estimate of drug-likeness (QED) is 0.932. The van der Waals surface area contributed by atoms with Gasteiger partial charge in [0.1, 0.15) is 0 Å². The van der Waals surface area contributed by atoms with E-state index in [4.69, 9.17) is 4.42 Å². The van der Waals surface area contributed by atoms with Crippen LogP contribution in [0.3, 0.4) is 0 Å². The van der Waals surface area contributed by atoms with Crippen LogP contribution in [0, 0.1) is 6.92 Å². The summed E-state index contributed by atoms with van der Waals surface area (Å²) in [4.78, 5) is 12.1. The van der Waals surface area contributed by atoms with Crippen molar-refractivity contribution in [1.82, 2.24) is 15.5 Å². The topological polar surface area (TPSA) is 68.0 Å². The third-order valence-electron chi connectivity index (χ3n) is 3.18. The average molecular weight is 336 g/mol. The average Bonchev–Trinajstić information content (AvgIpc) is 3.15. The zero-order valence-corrected chi connectivity index (χ0v) is 12.6. The lowest BCUT2D eigenvalue weighted by Crippen LogP contribution is -2.23. The summed E-state index contributed by atoms with van der Waals surface area (Å²) in [7, 11) is 0. The lowest BCUT2D eigenvalue weighted by Gasteiger charge is -2.05. The fourth-order valence-corrected chi connectivity index (χ4v) is 2.56. The number of benzene rings is 1. The van der Waals surface area contributed by atoms with Crippen molar-refractivity contribution in [2.24, 2.45) is 0 Å². The van der Waals surface area contributed by atoms with Crippen molar-refractivity contribution < 1.29 is 9.21 Å². The van der Waals surface area contributed by atoms with E-state index in [-0.39, 0.29) is 12.5 Å². The maximum absolute atomic E-state index is 12.1. The first-order valence-electron chi connectivity index (χ1n) is 6.50. The number of aryl methyl sites for hydroxylation is 1. The van der Waals surface area contributed by atoms with E-state index in [1.54, 1.807) is 6.07 Å². The van der Waals surface area contributed by atoms with Gasteiger partial charge in [-0.2, -0.15) is 0 Å². The van der Waals surface area contributed by atoms with Gasteiger partial charge in [0.25, 0.3) is 5.91 Å². The Bertz CT molecular complexity index is 650. The molecule has 104 valence electrons. The van der Waals surface area contributed by atoms with E-state index in [1.165, 1.54) is 0 Å². The molecule has 1 N–H and O–H groups in total. The molecule has 20 heavy (non-hydrogen) atoms. The highest BCUT2D eigenvalue weighted by atomic mass is 79.9. The van der Waals surface area contributed by atoms with Crippen LogP contribution in [0.2, 0.25) is 0 Å². The van der Waals surface area contributed by atoms with Crippen LogP contribution in [0.5, 0.6) is 0 Å². The number of halogens is 1. The Morgan fingerprint density at radius 1 is 1.45 bits per heavy atom. The lowest BCUT2D eigenvalue weighted by molar-refractivity contribution is 0.0946. The lowest BCUT2D eigenvalue weighted by atomic mass is 10.1. The van der Waals surface area contributed by atoms with Crippen molar-refractivity contribution >= 4 is 21.8 Å². The zero-order valence-electron chi connectivity index (χ0n) is 11.0. The highest BCUT2D eigenvalue weighted by Gasteiger charge is 2.29. The molecule has 6 heteroatoms. The summed E-state index contributed by atoms with van der Waals surface area (Å²) < 4.78 is 6.27. The van der Waals surface area contributed by atoms with Gasteiger partial charge in [0.05, 0.1) is 12.1 Å². The first-order chi connectivity index (χ1) is 9.63. The fourth-order valence-electron chi connectivity index (χ4n) is 1.89. The molecule has 1 aromatic carbocycles. The summed E-state index contributed by atoms with van der Waals surface area (Å²) in [6.07, 6.45) is 2.23. The second-order valence-electron chi connectivity index (χ2n) is 4.97. The van der Waals surface area contributed by atoms with Gasteiger partial charge in [-0.05, 0) is 53.4 Å². The normalized spacial score (nSPS) is 14.3. The van der Waals surface area contributed by atoms with Crippen molar-refractivity contribution in [3.63, 3.8) is 0 Å². The zero-order chi connectivity index (χ0) is 14.1. The first kappa shape index (κ1) is 13.3. The minimum atomic E-state index is -0.164. The molecular formula is C14H14BrN3O2. The van der Waals surface area contributed by atoms with Crippen LogP contribution in [0.1, 0.15) is 46.5 Å². The molecule has 0 spiro atoms. The maximum atomic E-state index is 12.1. The van der Waals surface area contributed by atoms with Gasteiger partial charge in [-0.25, -0.2) is 0 Å². The minimum absolute atomic E-state index is 0.164. The summed E-state index contributed by atoms with van der Waals surface area (Å²) in [6.45, 7) is 2.23. The van der Waals surface area contributed by atoms with Crippen LogP contribution < -0.4 is 5.32 Å². The number of hydrogen-bond acceptors (Lipinski definition) is 4. The number of carbonyl (C=O) groups excluding carboxylic acids is 1. The predicted molar refractivity (Wildman–Crippen MR) is 76.3 cm³/mol. The van der Waals surface area contributed by atoms with E-state index in [2.05, 4.69) is 31.4 Å². The number of amides is 1. The molecule has 1 aromatic heterocycles. The summed E-state index contributed by atoms with van der Waals surface area (Å²) in [6, 6.07) is 5.60. The van der Waals surface area contributed by atoms with Crippen LogP contribution in [-0.2, 0) is 6.54 Å². The minimum Gasteiger partial charge on any atom is -0.423 e. The van der Waals surface area contributed by atoms with Crippen molar-refractivity contribution in [3.8, 4) is 0 Å². The Hall–Kier alpha value is -1.69. The molecule has 0 atom stereocenters. The third-order valence-corrected chi connectivity index (χ3v) is 3.83. The predicted octanol–water partition coefficient (Wildman–Crippen LogP) is 2.95. The SMILES string of the molecule is Cc1ccc(C(=O)NCc2nnc(C3CC3)o2)c(Br)c1. The van der Waals surface area contributed by atoms with Crippen LogP contribution in [0.25, 0.3) is 0 Å². The van der Waals surface area contributed by atoms with Crippen molar-refractivity contribution in [3.05, 3.63) is 45.6 Å². The number of nitrogens with one attached hydrogen (secondary N) is 1. The van der Waals surface area contributed by atoms with Gasteiger partial charge in [-0.3, -0.25) is 4.79 Å². The molecule has 1 saturated carbocycles. The Morgan fingerprint density at radius 2 is 2.25 bits per heavy atom. The number of nitrogens with zero attached hydrogens (tertiary/aromatic N) is 2. The molecule has 2 aromatic rings. The van der Waals surface area contributed by atoms with Crippen molar-refractivity contribution in [2.75, 3.05) is 0 Å². The number of aromatic nitrogens is 2. The summed E-state index contributed by atoms with van der Waals surface area (Å²) in [5.41, 5.74) is 1.69. The van der Waals surface area contributed by atoms with E-state index >= 15 is 0 Å². The van der Waals surface area contributed by atoms with Gasteiger partial charge in [-0.15, -0.1) is 10.2 Å². The van der Waals surface area contributed by atoms with Gasteiger partial charge < -0.3 is 9.73 Å². The van der Waals surface area contributed by atoms with Crippen LogP contribution >= 0.6 is 15.9 Å². The summed E-state index contributed by atoms with van der Waals surface area (Å²) >= 11 is 3.39. The smallest absolute Gasteiger partial charge is 0.252 e. The Labute approximate surface area is 124 Å². The van der Waals surface area contributed by atoms with Crippen molar-refractivity contribution in [1.29, 1.82) is 0 Å². The molecule has 0 radical (unpaired) electrons. The van der Waals surface area contributed by atoms with Crippen LogP contribution in [0.4, 0.5) is 0 Å². The van der Waals surface area contributed by atoms with E-state index < -0.39 is 0 Å². The van der Waals surface area contributed by atoms with E-state index in [9.17, 15) is 4.79 Å². The van der Waals surface area contributed by atoms with Crippen LogP contribution in [-0.4, -0.2) is 16.1 Å². The summed E-state index contributed by atoms with van der Waals surface area (Å²) in [5.74, 6) is 1.40. The molecule has 1 amide bonds. The molecule has 3 rings (SSSR count).